The monoisotopic (exact) mass is 728 g/mol. The van der Waals surface area contributed by atoms with E-state index in [1.54, 1.807) is 24.3 Å². The molecule has 0 spiro atoms. The van der Waals surface area contributed by atoms with Crippen LogP contribution in [-0.4, -0.2) is 82.8 Å². The van der Waals surface area contributed by atoms with E-state index in [0.29, 0.717) is 18.5 Å². The molecule has 17 nitrogen and oxygen atoms in total. The number of nitriles is 1. The summed E-state index contributed by atoms with van der Waals surface area (Å²) in [6.07, 6.45) is -3.20. The second kappa shape index (κ2) is 14.9. The number of carbonyl (C=O) groups excluding carboxylic acids is 3. The van der Waals surface area contributed by atoms with Crippen molar-refractivity contribution in [3.8, 4) is 11.8 Å². The van der Waals surface area contributed by atoms with Crippen LogP contribution in [0, 0.1) is 11.3 Å². The first-order valence-corrected chi connectivity index (χ1v) is 17.7. The van der Waals surface area contributed by atoms with E-state index in [1.165, 1.54) is 23.6 Å². The number of rotatable bonds is 12. The molecule has 2 aromatic heterocycles. The third kappa shape index (κ3) is 8.32. The fourth-order valence-corrected chi connectivity index (χ4v) is 7.25. The van der Waals surface area contributed by atoms with Crippen molar-refractivity contribution in [3.63, 3.8) is 0 Å². The maximum atomic E-state index is 14.5. The van der Waals surface area contributed by atoms with Crippen LogP contribution in [0.5, 0.6) is 5.75 Å². The molecule has 5 rings (SSSR count). The van der Waals surface area contributed by atoms with Gasteiger partial charge in [-0.2, -0.15) is 15.4 Å². The molecule has 3 aromatic rings. The van der Waals surface area contributed by atoms with Crippen LogP contribution in [0.15, 0.2) is 42.7 Å². The number of hydrogen-bond acceptors (Lipinski definition) is 15. The number of nitrogen functional groups attached to an aromatic ring is 1. The molecule has 4 heterocycles. The highest BCUT2D eigenvalue weighted by atomic mass is 31.2. The Labute approximate surface area is 294 Å². The zero-order valence-corrected chi connectivity index (χ0v) is 30.0. The van der Waals surface area contributed by atoms with Crippen molar-refractivity contribution in [2.75, 3.05) is 25.6 Å². The second-order valence-electron chi connectivity index (χ2n) is 13.2. The summed E-state index contributed by atoms with van der Waals surface area (Å²) in [5.41, 5.74) is 5.07. The maximum Gasteiger partial charge on any atom is 0.459 e. The largest absolute Gasteiger partial charge is 0.459 e. The quantitative estimate of drug-likeness (QED) is 0.155. The van der Waals surface area contributed by atoms with E-state index in [-0.39, 0.29) is 29.3 Å². The first kappa shape index (κ1) is 37.7. The maximum absolute atomic E-state index is 14.5. The first-order chi connectivity index (χ1) is 24.0. The SMILES string of the molecule is CC(=O)O[C@H]1[C@@H](OC(C)=O)[C@](C#N)(c2ccc3c(N)ncnn23)O[C@@H]1COP(=O)(N[C@@H](C)C(=O)O[C@H]1CCOC1)Oc1ccc(C(C)(C)C)cc1. The Morgan fingerprint density at radius 1 is 1.14 bits per heavy atom. The van der Waals surface area contributed by atoms with Crippen LogP contribution in [0.1, 0.15) is 59.2 Å². The molecule has 2 aliphatic rings. The summed E-state index contributed by atoms with van der Waals surface area (Å²) >= 11 is 0. The van der Waals surface area contributed by atoms with E-state index in [4.69, 9.17) is 38.5 Å². The molecule has 274 valence electrons. The highest BCUT2D eigenvalue weighted by Crippen LogP contribution is 2.48. The van der Waals surface area contributed by atoms with Crippen molar-refractivity contribution in [2.24, 2.45) is 0 Å². The van der Waals surface area contributed by atoms with E-state index in [0.717, 1.165) is 25.7 Å². The van der Waals surface area contributed by atoms with Gasteiger partial charge in [0.2, 0.25) is 5.60 Å². The molecule has 7 atom stereocenters. The Bertz CT molecular complexity index is 1850. The zero-order valence-electron chi connectivity index (χ0n) is 29.1. The predicted molar refractivity (Wildman–Crippen MR) is 178 cm³/mol. The Morgan fingerprint density at radius 2 is 1.84 bits per heavy atom. The number of carbonyl (C=O) groups is 3. The Balaban J connectivity index is 1.48. The van der Waals surface area contributed by atoms with Crippen LogP contribution >= 0.6 is 7.75 Å². The normalized spacial score (nSPS) is 25.0. The summed E-state index contributed by atoms with van der Waals surface area (Å²) < 4.78 is 55.8. The van der Waals surface area contributed by atoms with Crippen molar-refractivity contribution < 1.29 is 51.7 Å². The van der Waals surface area contributed by atoms with Crippen LogP contribution in [0.3, 0.4) is 0 Å². The number of ether oxygens (including phenoxy) is 5. The van der Waals surface area contributed by atoms with Crippen LogP contribution in [0.4, 0.5) is 5.82 Å². The smallest absolute Gasteiger partial charge is 0.459 e. The van der Waals surface area contributed by atoms with Gasteiger partial charge in [0.05, 0.1) is 25.5 Å². The van der Waals surface area contributed by atoms with E-state index in [1.807, 2.05) is 20.8 Å². The topological polar surface area (TPSA) is 225 Å². The van der Waals surface area contributed by atoms with Gasteiger partial charge in [-0.25, -0.2) is 14.1 Å². The van der Waals surface area contributed by atoms with Gasteiger partial charge >= 0.3 is 25.7 Å². The van der Waals surface area contributed by atoms with Crippen LogP contribution in [0.2, 0.25) is 0 Å². The summed E-state index contributed by atoms with van der Waals surface area (Å²) in [5, 5.41) is 17.5. The van der Waals surface area contributed by atoms with Crippen LogP contribution in [0.25, 0.3) is 5.52 Å². The molecule has 18 heteroatoms. The number of hydrogen-bond donors (Lipinski definition) is 2. The minimum atomic E-state index is -4.50. The van der Waals surface area contributed by atoms with E-state index in [2.05, 4.69) is 21.2 Å². The number of esters is 3. The van der Waals surface area contributed by atoms with Crippen molar-refractivity contribution >= 4 is 37.0 Å². The van der Waals surface area contributed by atoms with Crippen molar-refractivity contribution in [1.82, 2.24) is 19.7 Å². The van der Waals surface area contributed by atoms with Gasteiger partial charge in [-0.05, 0) is 42.2 Å². The summed E-state index contributed by atoms with van der Waals surface area (Å²) in [5.74, 6) is -2.10. The molecule has 0 amide bonds. The van der Waals surface area contributed by atoms with Crippen molar-refractivity contribution in [2.45, 2.75) is 89.4 Å². The number of nitrogens with zero attached hydrogens (tertiary/aromatic N) is 4. The number of fused-ring (bicyclic) bond motifs is 1. The molecule has 0 radical (unpaired) electrons. The Morgan fingerprint density at radius 3 is 2.45 bits per heavy atom. The second-order valence-corrected chi connectivity index (χ2v) is 14.9. The lowest BCUT2D eigenvalue weighted by Crippen LogP contribution is -2.45. The molecule has 0 bridgehead atoms. The average Bonchev–Trinajstić information content (AvgIpc) is 3.79. The number of anilines is 1. The third-order valence-electron chi connectivity index (χ3n) is 8.26. The van der Waals surface area contributed by atoms with Gasteiger partial charge in [0, 0.05) is 20.3 Å². The van der Waals surface area contributed by atoms with Gasteiger partial charge in [-0.15, -0.1) is 0 Å². The number of benzene rings is 1. The fraction of sp³-hybridized carbons (Fsp3) is 0.515. The fourth-order valence-electron chi connectivity index (χ4n) is 5.75. The lowest BCUT2D eigenvalue weighted by molar-refractivity contribution is -0.166. The third-order valence-corrected chi connectivity index (χ3v) is 9.90. The van der Waals surface area contributed by atoms with E-state index < -0.39 is 68.3 Å². The molecule has 2 aliphatic heterocycles. The molecular weight excluding hydrogens is 687 g/mol. The summed E-state index contributed by atoms with van der Waals surface area (Å²) in [6, 6.07) is 10.7. The Kier molecular flexibility index (Phi) is 11.0. The molecule has 0 saturated carbocycles. The number of nitrogens with two attached hydrogens (primary N) is 1. The highest BCUT2D eigenvalue weighted by Gasteiger charge is 2.62. The lowest BCUT2D eigenvalue weighted by Gasteiger charge is -2.28. The van der Waals surface area contributed by atoms with Gasteiger partial charge in [-0.1, -0.05) is 32.9 Å². The van der Waals surface area contributed by atoms with Crippen LogP contribution < -0.4 is 15.3 Å². The molecule has 3 N–H and O–H groups in total. The molecule has 51 heavy (non-hydrogen) atoms. The van der Waals surface area contributed by atoms with Gasteiger partial charge < -0.3 is 33.9 Å². The average molecular weight is 729 g/mol. The predicted octanol–water partition coefficient (Wildman–Crippen LogP) is 3.10. The zero-order chi connectivity index (χ0) is 37.1. The lowest BCUT2D eigenvalue weighted by atomic mass is 9.87. The standard InChI is InChI=1S/C33H41N6O11P/c1-19(31(42)48-24-13-14-44-15-24)38-51(43,50-23-9-7-22(8-10-23)32(4,5)6)45-16-26-28(46-20(2)40)29(47-21(3)41)33(17-34,49-26)27-12-11-25-30(35)36-18-37-39(25)27/h7-12,18-19,24,26,28-29H,13-16H2,1-6H3,(H,38,43)(H2,35,36,37)/t19-,24-,26+,28+,29+,33-,51?/m0/s1. The van der Waals surface area contributed by atoms with Gasteiger partial charge in [0.15, 0.2) is 18.0 Å². The molecule has 2 fully saturated rings. The minimum absolute atomic E-state index is 0.0729. The van der Waals surface area contributed by atoms with E-state index in [9.17, 15) is 24.2 Å². The highest BCUT2D eigenvalue weighted by molar-refractivity contribution is 7.52. The van der Waals surface area contributed by atoms with E-state index >= 15 is 0 Å². The van der Waals surface area contributed by atoms with Crippen molar-refractivity contribution in [1.29, 1.82) is 5.26 Å². The van der Waals surface area contributed by atoms with Gasteiger partial charge in [0.25, 0.3) is 0 Å². The minimum Gasteiger partial charge on any atom is -0.459 e. The summed E-state index contributed by atoms with van der Waals surface area (Å²) in [4.78, 5) is 41.7. The molecule has 1 aromatic carbocycles. The summed E-state index contributed by atoms with van der Waals surface area (Å²) in [6.45, 7) is 9.79. The van der Waals surface area contributed by atoms with Gasteiger partial charge in [0.1, 0.15) is 41.9 Å². The summed E-state index contributed by atoms with van der Waals surface area (Å²) in [7, 11) is -4.50. The van der Waals surface area contributed by atoms with Crippen molar-refractivity contribution in [3.05, 3.63) is 54.0 Å². The number of aromatic nitrogens is 3. The van der Waals surface area contributed by atoms with Gasteiger partial charge in [-0.3, -0.25) is 18.9 Å². The molecule has 0 aliphatic carbocycles. The molecule has 2 saturated heterocycles. The number of nitrogens with one attached hydrogen (secondary N) is 1. The molecule has 1 unspecified atom stereocenters. The molecular formula is C33H41N6O11P. The Hall–Kier alpha value is -4.59. The first-order valence-electron chi connectivity index (χ1n) is 16.2. The van der Waals surface area contributed by atoms with Crippen LogP contribution in [-0.2, 0) is 58.2 Å².